The van der Waals surface area contributed by atoms with E-state index >= 15 is 0 Å². The molecule has 1 unspecified atom stereocenters. The molecule has 2 aromatic carbocycles. The van der Waals surface area contributed by atoms with Gasteiger partial charge in [-0.1, -0.05) is 41.8 Å². The Labute approximate surface area is 218 Å². The molecule has 0 fully saturated rings. The second kappa shape index (κ2) is 10.8. The summed E-state index contributed by atoms with van der Waals surface area (Å²) in [6.45, 7) is 5.41. The molecule has 2 heterocycles. The first kappa shape index (κ1) is 25.2. The lowest BCUT2D eigenvalue weighted by Crippen LogP contribution is -2.31. The molecule has 0 saturated carbocycles. The minimum Gasteiger partial charge on any atom is -0.397 e. The molecule has 2 aromatic heterocycles. The SMILES string of the molecule is C=N/C(NC(C)c1nc2cccc(Cl)c2c(=O)n1-c1ccccc1)=C(/C#Cc1ccc(N)cn1)C(=N)N. The molecule has 0 amide bonds. The number of pyridine rings is 1. The molecule has 6 N–H and O–H groups in total. The van der Waals surface area contributed by atoms with Crippen LogP contribution in [0.1, 0.15) is 24.5 Å². The zero-order chi connectivity index (χ0) is 26.5. The molecular formula is C27H23ClN8O. The third kappa shape index (κ3) is 5.34. The van der Waals surface area contributed by atoms with Gasteiger partial charge in [0.1, 0.15) is 28.7 Å². The molecule has 0 bridgehead atoms. The Kier molecular flexibility index (Phi) is 7.32. The number of anilines is 1. The van der Waals surface area contributed by atoms with E-state index in [-0.39, 0.29) is 22.8 Å². The number of para-hydroxylation sites is 1. The monoisotopic (exact) mass is 510 g/mol. The van der Waals surface area contributed by atoms with Crippen molar-refractivity contribution in [3.05, 3.63) is 105 Å². The van der Waals surface area contributed by atoms with Gasteiger partial charge < -0.3 is 16.8 Å². The smallest absolute Gasteiger partial charge is 0.267 e. The van der Waals surface area contributed by atoms with Crippen LogP contribution in [0.5, 0.6) is 0 Å². The van der Waals surface area contributed by atoms with Crippen LogP contribution in [0.15, 0.2) is 88.0 Å². The van der Waals surface area contributed by atoms with Crippen LogP contribution in [0.3, 0.4) is 0 Å². The molecule has 0 aliphatic rings. The topological polar surface area (TPSA) is 148 Å². The summed E-state index contributed by atoms with van der Waals surface area (Å²) in [5.74, 6) is 5.91. The number of hydrogen-bond acceptors (Lipinski definition) is 7. The van der Waals surface area contributed by atoms with Gasteiger partial charge in [-0.2, -0.15) is 0 Å². The van der Waals surface area contributed by atoms with Crippen LogP contribution >= 0.6 is 11.6 Å². The number of aromatic nitrogens is 3. The Hall–Kier alpha value is -4.94. The van der Waals surface area contributed by atoms with Gasteiger partial charge in [0, 0.05) is 0 Å². The van der Waals surface area contributed by atoms with E-state index in [2.05, 4.69) is 33.9 Å². The van der Waals surface area contributed by atoms with Gasteiger partial charge in [0.15, 0.2) is 0 Å². The normalized spacial score (nSPS) is 12.2. The van der Waals surface area contributed by atoms with E-state index in [1.54, 1.807) is 49.4 Å². The number of amidine groups is 1. The number of halogens is 1. The van der Waals surface area contributed by atoms with Crippen LogP contribution in [0.4, 0.5) is 5.69 Å². The number of nitrogens with one attached hydrogen (secondary N) is 2. The van der Waals surface area contributed by atoms with Gasteiger partial charge in [-0.3, -0.25) is 14.8 Å². The summed E-state index contributed by atoms with van der Waals surface area (Å²) in [5.41, 5.74) is 13.3. The molecule has 10 heteroatoms. The summed E-state index contributed by atoms with van der Waals surface area (Å²) >= 11 is 6.37. The second-order valence-electron chi connectivity index (χ2n) is 7.97. The van der Waals surface area contributed by atoms with Crippen molar-refractivity contribution in [2.24, 2.45) is 10.7 Å². The minimum atomic E-state index is -0.581. The Morgan fingerprint density at radius 1 is 1.19 bits per heavy atom. The molecule has 0 radical (unpaired) electrons. The van der Waals surface area contributed by atoms with E-state index in [0.717, 1.165) is 0 Å². The lowest BCUT2D eigenvalue weighted by atomic mass is 10.2. The van der Waals surface area contributed by atoms with E-state index in [1.165, 1.54) is 10.8 Å². The van der Waals surface area contributed by atoms with Crippen molar-refractivity contribution in [2.75, 3.05) is 5.73 Å². The predicted octanol–water partition coefficient (Wildman–Crippen LogP) is 3.57. The average Bonchev–Trinajstić information content (AvgIpc) is 2.89. The maximum atomic E-state index is 13.6. The molecular weight excluding hydrogens is 488 g/mol. The van der Waals surface area contributed by atoms with Gasteiger partial charge in [0.05, 0.1) is 39.5 Å². The fraction of sp³-hybridized carbons (Fsp3) is 0.0741. The van der Waals surface area contributed by atoms with Crippen molar-refractivity contribution in [1.29, 1.82) is 5.41 Å². The Morgan fingerprint density at radius 2 is 1.95 bits per heavy atom. The van der Waals surface area contributed by atoms with Gasteiger partial charge in [0.25, 0.3) is 5.56 Å². The van der Waals surface area contributed by atoms with Crippen LogP contribution in [-0.4, -0.2) is 27.1 Å². The number of aliphatic imine (C=N–C) groups is 1. The molecule has 9 nitrogen and oxygen atoms in total. The maximum Gasteiger partial charge on any atom is 0.267 e. The van der Waals surface area contributed by atoms with Gasteiger partial charge in [-0.15, -0.1) is 0 Å². The summed E-state index contributed by atoms with van der Waals surface area (Å²) in [6.07, 6.45) is 1.48. The second-order valence-corrected chi connectivity index (χ2v) is 8.38. The Bertz CT molecular complexity index is 1650. The first-order chi connectivity index (χ1) is 17.8. The molecule has 0 spiro atoms. The molecule has 0 aliphatic heterocycles. The first-order valence-electron chi connectivity index (χ1n) is 11.1. The summed E-state index contributed by atoms with van der Waals surface area (Å²) in [5, 5.41) is 11.8. The van der Waals surface area contributed by atoms with Crippen LogP contribution in [-0.2, 0) is 0 Å². The van der Waals surface area contributed by atoms with Crippen molar-refractivity contribution in [1.82, 2.24) is 19.9 Å². The van der Waals surface area contributed by atoms with Gasteiger partial charge in [-0.25, -0.2) is 15.0 Å². The molecule has 0 aliphatic carbocycles. The predicted molar refractivity (Wildman–Crippen MR) is 148 cm³/mol. The van der Waals surface area contributed by atoms with Gasteiger partial charge in [-0.05, 0) is 56.0 Å². The highest BCUT2D eigenvalue weighted by atomic mass is 35.5. The van der Waals surface area contributed by atoms with Gasteiger partial charge >= 0.3 is 0 Å². The van der Waals surface area contributed by atoms with Crippen molar-refractivity contribution in [3.63, 3.8) is 0 Å². The zero-order valence-corrected chi connectivity index (χ0v) is 20.6. The number of nitrogens with two attached hydrogens (primary N) is 2. The number of benzene rings is 2. The third-order valence-corrected chi connectivity index (χ3v) is 5.71. The number of rotatable bonds is 6. The molecule has 4 aromatic rings. The summed E-state index contributed by atoms with van der Waals surface area (Å²) < 4.78 is 1.49. The molecule has 0 saturated heterocycles. The highest BCUT2D eigenvalue weighted by molar-refractivity contribution is 6.35. The number of hydrogen-bond donors (Lipinski definition) is 4. The highest BCUT2D eigenvalue weighted by Crippen LogP contribution is 2.23. The van der Waals surface area contributed by atoms with Crippen molar-refractivity contribution in [2.45, 2.75) is 13.0 Å². The quantitative estimate of drug-likeness (QED) is 0.177. The van der Waals surface area contributed by atoms with Crippen molar-refractivity contribution in [3.8, 4) is 17.5 Å². The molecule has 1 atom stereocenters. The largest absolute Gasteiger partial charge is 0.397 e. The Morgan fingerprint density at radius 3 is 2.59 bits per heavy atom. The van der Waals surface area contributed by atoms with E-state index in [1.807, 2.05) is 18.2 Å². The van der Waals surface area contributed by atoms with E-state index < -0.39 is 6.04 Å². The van der Waals surface area contributed by atoms with Crippen LogP contribution < -0.4 is 22.3 Å². The lowest BCUT2D eigenvalue weighted by Gasteiger charge is -2.21. The standard InChI is InChI=1S/C27H23ClN8O/c1-16(34-25(32-2)20(24(30)31)14-13-18-12-11-17(29)15-33-18)26-35-22-10-6-9-21(28)23(22)27(37)36(26)19-7-4-3-5-8-19/h3-12,15-16,34H,2,29H2,1H3,(H3,30,31)/b25-20+. The third-order valence-electron chi connectivity index (χ3n) is 5.39. The van der Waals surface area contributed by atoms with Crippen molar-refractivity contribution < 1.29 is 0 Å². The number of nitrogen functional groups attached to an aromatic ring is 1. The van der Waals surface area contributed by atoms with Crippen LogP contribution in [0.25, 0.3) is 16.6 Å². The van der Waals surface area contributed by atoms with Crippen LogP contribution in [0.2, 0.25) is 5.02 Å². The van der Waals surface area contributed by atoms with E-state index in [0.29, 0.717) is 38.8 Å². The molecule has 184 valence electrons. The summed E-state index contributed by atoms with van der Waals surface area (Å²) in [7, 11) is 0. The zero-order valence-electron chi connectivity index (χ0n) is 19.9. The molecule has 37 heavy (non-hydrogen) atoms. The maximum absolute atomic E-state index is 13.6. The fourth-order valence-corrected chi connectivity index (χ4v) is 3.90. The minimum absolute atomic E-state index is 0.109. The number of fused-ring (bicyclic) bond motifs is 1. The highest BCUT2D eigenvalue weighted by Gasteiger charge is 2.21. The first-order valence-corrected chi connectivity index (χ1v) is 11.5. The Balaban J connectivity index is 1.84. The number of nitrogens with zero attached hydrogens (tertiary/aromatic N) is 4. The van der Waals surface area contributed by atoms with Crippen LogP contribution in [0, 0.1) is 17.3 Å². The summed E-state index contributed by atoms with van der Waals surface area (Å²) in [6, 6.07) is 17.0. The van der Waals surface area contributed by atoms with Gasteiger partial charge in [0.2, 0.25) is 0 Å². The van der Waals surface area contributed by atoms with Crippen molar-refractivity contribution >= 4 is 40.7 Å². The van der Waals surface area contributed by atoms with E-state index in [4.69, 9.17) is 33.5 Å². The lowest BCUT2D eigenvalue weighted by molar-refractivity contribution is 0.588. The average molecular weight is 511 g/mol. The fourth-order valence-electron chi connectivity index (χ4n) is 3.65. The summed E-state index contributed by atoms with van der Waals surface area (Å²) in [4.78, 5) is 26.5. The van der Waals surface area contributed by atoms with E-state index in [9.17, 15) is 4.79 Å². The molecule has 4 rings (SSSR count).